The highest BCUT2D eigenvalue weighted by Crippen LogP contribution is 2.08. The second-order valence-electron chi connectivity index (χ2n) is 5.75. The molecule has 0 heterocycles. The van der Waals surface area contributed by atoms with E-state index in [9.17, 15) is 15.0 Å². The van der Waals surface area contributed by atoms with Crippen LogP contribution in [-0.4, -0.2) is 120 Å². The number of aliphatic hydroxyl groups excluding tert-OH is 6. The molecule has 0 aliphatic rings. The highest BCUT2D eigenvalue weighted by molar-refractivity contribution is 5.53. The summed E-state index contributed by atoms with van der Waals surface area (Å²) in [4.78, 5) is 10.3. The molecule has 168 valence electrons. The van der Waals surface area contributed by atoms with Crippen LogP contribution in [0.5, 0.6) is 0 Å². The maximum atomic E-state index is 10.3. The molecule has 0 radical (unpaired) electrons. The lowest BCUT2D eigenvalue weighted by atomic mass is 10.3. The summed E-state index contributed by atoms with van der Waals surface area (Å²) in [6.07, 6.45) is -5.84. The third kappa shape index (κ3) is 12.6. The summed E-state index contributed by atoms with van der Waals surface area (Å²) < 4.78 is 25.9. The van der Waals surface area contributed by atoms with Crippen LogP contribution < -0.4 is 0 Å². The minimum atomic E-state index is -1.72. The quantitative estimate of drug-likeness (QED) is 0.0912. The number of rotatable bonds is 19. The van der Waals surface area contributed by atoms with Gasteiger partial charge in [0.1, 0.15) is 6.10 Å². The average molecular weight is 416 g/mol. The Balaban J connectivity index is 4.34. The second-order valence-corrected chi connectivity index (χ2v) is 5.75. The van der Waals surface area contributed by atoms with Gasteiger partial charge in [0.15, 0.2) is 18.9 Å². The molecular weight excluding hydrogens is 384 g/mol. The van der Waals surface area contributed by atoms with Crippen LogP contribution in [-0.2, 0) is 28.5 Å². The predicted octanol–water partition coefficient (Wildman–Crippen LogP) is -3.28. The van der Waals surface area contributed by atoms with Gasteiger partial charge in [-0.05, 0) is 13.3 Å². The van der Waals surface area contributed by atoms with E-state index in [2.05, 4.69) is 0 Å². The summed E-state index contributed by atoms with van der Waals surface area (Å²) in [6.45, 7) is -0.831. The maximum Gasteiger partial charge on any atom is 0.212 e. The van der Waals surface area contributed by atoms with Gasteiger partial charge in [0.2, 0.25) is 6.29 Å². The van der Waals surface area contributed by atoms with Gasteiger partial charge in [-0.2, -0.15) is 0 Å². The Hall–Kier alpha value is -0.770. The Kier molecular flexibility index (Phi) is 16.6. The molecule has 6 atom stereocenters. The molecule has 0 rings (SSSR count). The van der Waals surface area contributed by atoms with Crippen LogP contribution in [0.2, 0.25) is 0 Å². The largest absolute Gasteiger partial charge is 0.394 e. The molecule has 0 bridgehead atoms. The second kappa shape index (κ2) is 17.1. The van der Waals surface area contributed by atoms with Gasteiger partial charge in [-0.15, -0.1) is 0 Å². The molecule has 0 saturated carbocycles. The van der Waals surface area contributed by atoms with Gasteiger partial charge in [0.05, 0.1) is 58.5 Å². The molecule has 12 nitrogen and oxygen atoms in total. The van der Waals surface area contributed by atoms with E-state index in [1.165, 1.54) is 0 Å². The van der Waals surface area contributed by atoms with Gasteiger partial charge in [0.25, 0.3) is 0 Å². The number of carbonyl (C=O) groups excluding carboxylic acids is 1. The average Bonchev–Trinajstić information content (AvgIpc) is 2.72. The molecule has 0 aliphatic heterocycles. The van der Waals surface area contributed by atoms with Crippen molar-refractivity contribution in [1.29, 1.82) is 0 Å². The van der Waals surface area contributed by atoms with Gasteiger partial charge in [-0.25, -0.2) is 0 Å². The molecule has 6 N–H and O–H groups in total. The van der Waals surface area contributed by atoms with Crippen molar-refractivity contribution in [2.24, 2.45) is 0 Å². The van der Waals surface area contributed by atoms with Gasteiger partial charge in [-0.3, -0.25) is 4.79 Å². The Morgan fingerprint density at radius 1 is 0.786 bits per heavy atom. The molecule has 0 amide bonds. The summed E-state index contributed by atoms with van der Waals surface area (Å²) in [7, 11) is 0. The zero-order valence-electron chi connectivity index (χ0n) is 15.8. The van der Waals surface area contributed by atoms with Crippen LogP contribution in [0.25, 0.3) is 0 Å². The first-order chi connectivity index (χ1) is 13.4. The Morgan fingerprint density at radius 3 is 1.89 bits per heavy atom. The predicted molar refractivity (Wildman–Crippen MR) is 91.9 cm³/mol. The van der Waals surface area contributed by atoms with Crippen LogP contribution in [0.4, 0.5) is 0 Å². The van der Waals surface area contributed by atoms with Crippen LogP contribution in [0, 0.1) is 0 Å². The minimum Gasteiger partial charge on any atom is -0.394 e. The lowest BCUT2D eigenvalue weighted by Crippen LogP contribution is -2.36. The Labute approximate surface area is 163 Å². The number of hydrogen-bond donors (Lipinski definition) is 6. The highest BCUT2D eigenvalue weighted by atomic mass is 16.7. The summed E-state index contributed by atoms with van der Waals surface area (Å²) in [5.74, 6) is 0. The fraction of sp³-hybridized carbons (Fsp3) is 0.938. The van der Waals surface area contributed by atoms with Gasteiger partial charge in [-0.1, -0.05) is 0 Å². The molecule has 0 spiro atoms. The van der Waals surface area contributed by atoms with Crippen molar-refractivity contribution in [2.75, 3.05) is 46.2 Å². The first-order valence-corrected chi connectivity index (χ1v) is 8.81. The van der Waals surface area contributed by atoms with Crippen molar-refractivity contribution in [2.45, 2.75) is 50.5 Å². The van der Waals surface area contributed by atoms with E-state index < -0.39 is 63.6 Å². The van der Waals surface area contributed by atoms with E-state index in [4.69, 9.17) is 44.1 Å². The molecule has 12 heteroatoms. The molecule has 0 aromatic rings. The van der Waals surface area contributed by atoms with Crippen molar-refractivity contribution < 1.29 is 59.1 Å². The molecule has 0 saturated heterocycles. The lowest BCUT2D eigenvalue weighted by Gasteiger charge is -2.25. The van der Waals surface area contributed by atoms with Crippen molar-refractivity contribution in [3.8, 4) is 0 Å². The zero-order chi connectivity index (χ0) is 21.4. The van der Waals surface area contributed by atoms with Crippen LogP contribution in [0.3, 0.4) is 0 Å². The molecule has 28 heavy (non-hydrogen) atoms. The van der Waals surface area contributed by atoms with E-state index in [0.717, 1.165) is 0 Å². The van der Waals surface area contributed by atoms with E-state index in [-0.39, 0.29) is 32.5 Å². The number of aliphatic hydroxyl groups is 6. The number of carbonyl (C=O) groups is 1. The SMILES string of the molecule is CC(CO)OC(CO)OCCC(CO)OC(CO)OCC(CO)OC(O)C=O. The van der Waals surface area contributed by atoms with Gasteiger partial charge >= 0.3 is 0 Å². The highest BCUT2D eigenvalue weighted by Gasteiger charge is 2.21. The van der Waals surface area contributed by atoms with E-state index in [1.807, 2.05) is 0 Å². The van der Waals surface area contributed by atoms with E-state index in [0.29, 0.717) is 0 Å². The van der Waals surface area contributed by atoms with Crippen LogP contribution in [0.15, 0.2) is 0 Å². The molecule has 0 fully saturated rings. The Bertz CT molecular complexity index is 372. The first-order valence-electron chi connectivity index (χ1n) is 8.81. The fourth-order valence-corrected chi connectivity index (χ4v) is 1.90. The molecule has 6 unspecified atom stereocenters. The summed E-state index contributed by atoms with van der Waals surface area (Å²) in [5.41, 5.74) is 0. The van der Waals surface area contributed by atoms with Gasteiger partial charge < -0.3 is 54.3 Å². The lowest BCUT2D eigenvalue weighted by molar-refractivity contribution is -0.228. The number of hydrogen-bond acceptors (Lipinski definition) is 12. The smallest absolute Gasteiger partial charge is 0.212 e. The number of aldehydes is 1. The normalized spacial score (nSPS) is 18.2. The van der Waals surface area contributed by atoms with Gasteiger partial charge in [0, 0.05) is 0 Å². The van der Waals surface area contributed by atoms with Crippen molar-refractivity contribution in [3.63, 3.8) is 0 Å². The monoisotopic (exact) mass is 416 g/mol. The van der Waals surface area contributed by atoms with Crippen LogP contribution >= 0.6 is 0 Å². The van der Waals surface area contributed by atoms with Crippen molar-refractivity contribution in [1.82, 2.24) is 0 Å². The summed E-state index contributed by atoms with van der Waals surface area (Å²) in [6, 6.07) is 0. The molecule has 0 aromatic heterocycles. The number of ether oxygens (including phenoxy) is 5. The van der Waals surface area contributed by atoms with Crippen molar-refractivity contribution >= 4 is 6.29 Å². The van der Waals surface area contributed by atoms with Crippen LogP contribution in [0.1, 0.15) is 13.3 Å². The zero-order valence-corrected chi connectivity index (χ0v) is 15.8. The maximum absolute atomic E-state index is 10.3. The Morgan fingerprint density at radius 2 is 1.39 bits per heavy atom. The topological polar surface area (TPSA) is 185 Å². The summed E-state index contributed by atoms with van der Waals surface area (Å²) >= 11 is 0. The molecule has 0 aliphatic carbocycles. The third-order valence-corrected chi connectivity index (χ3v) is 3.35. The minimum absolute atomic E-state index is 0.0423. The van der Waals surface area contributed by atoms with E-state index in [1.54, 1.807) is 6.92 Å². The first kappa shape index (κ1) is 27.2. The summed E-state index contributed by atoms with van der Waals surface area (Å²) in [5, 5.41) is 55.0. The van der Waals surface area contributed by atoms with Crippen molar-refractivity contribution in [3.05, 3.63) is 0 Å². The third-order valence-electron chi connectivity index (χ3n) is 3.35. The molecular formula is C16H32O12. The van der Waals surface area contributed by atoms with E-state index >= 15 is 0 Å². The standard InChI is InChI=1S/C16H32O12/c1-11(4-17)26-15(8-21)24-3-2-12(5-18)28-16(9-22)25-10-13(6-19)27-14(23)7-20/h7,11-19,21-23H,2-6,8-10H2,1H3. The fourth-order valence-electron chi connectivity index (χ4n) is 1.90. The molecule has 0 aromatic carbocycles.